The average Bonchev–Trinajstić information content (AvgIpc) is 2.89. The summed E-state index contributed by atoms with van der Waals surface area (Å²) < 4.78 is 28.3. The maximum atomic E-state index is 13.6. The van der Waals surface area contributed by atoms with Gasteiger partial charge >= 0.3 is 0 Å². The number of carbonyl (C=O) groups excluding carboxylic acids is 2. The Balaban J connectivity index is 1.50. The number of sulfonamides is 1. The van der Waals surface area contributed by atoms with E-state index in [2.05, 4.69) is 5.32 Å². The molecule has 0 spiro atoms. The van der Waals surface area contributed by atoms with Crippen LogP contribution in [-0.4, -0.2) is 33.3 Å². The zero-order chi connectivity index (χ0) is 26.6. The SMILES string of the molecule is Cc1ccc(S(=O)(=O)N(CC(=O)NCc2ccc(N3CCCCC3=O)cc2)c2cccc(Cl)c2C)cc1. The second-order valence-corrected chi connectivity index (χ2v) is 11.4. The number of anilines is 2. The predicted octanol–water partition coefficient (Wildman–Crippen LogP) is 4.99. The van der Waals surface area contributed by atoms with E-state index in [4.69, 9.17) is 11.6 Å². The van der Waals surface area contributed by atoms with E-state index in [1.807, 2.05) is 31.2 Å². The molecule has 0 aliphatic carbocycles. The standard InChI is InChI=1S/C28H30ClN3O4S/c1-20-9-15-24(16-10-20)37(35,36)32(26-7-5-6-25(29)21(26)2)19-27(33)30-18-22-11-13-23(14-12-22)31-17-4-3-8-28(31)34/h5-7,9-16H,3-4,8,17-19H2,1-2H3,(H,30,33). The van der Waals surface area contributed by atoms with Crippen LogP contribution >= 0.6 is 11.6 Å². The molecular formula is C28H30ClN3O4S. The summed E-state index contributed by atoms with van der Waals surface area (Å²) in [5, 5.41) is 3.23. The van der Waals surface area contributed by atoms with Gasteiger partial charge in [-0.1, -0.05) is 47.5 Å². The van der Waals surface area contributed by atoms with Gasteiger partial charge in [-0.05, 0) is 74.2 Å². The van der Waals surface area contributed by atoms with Gasteiger partial charge in [0.2, 0.25) is 11.8 Å². The smallest absolute Gasteiger partial charge is 0.264 e. The number of rotatable bonds is 8. The molecule has 0 radical (unpaired) electrons. The van der Waals surface area contributed by atoms with Crippen molar-refractivity contribution in [3.05, 3.63) is 88.4 Å². The molecule has 1 heterocycles. The fraction of sp³-hybridized carbons (Fsp3) is 0.286. The molecule has 3 aromatic rings. The first-order valence-electron chi connectivity index (χ1n) is 12.2. The van der Waals surface area contributed by atoms with E-state index in [9.17, 15) is 18.0 Å². The number of piperidine rings is 1. The summed E-state index contributed by atoms with van der Waals surface area (Å²) >= 11 is 6.28. The van der Waals surface area contributed by atoms with Gasteiger partial charge in [-0.3, -0.25) is 13.9 Å². The van der Waals surface area contributed by atoms with E-state index >= 15 is 0 Å². The minimum atomic E-state index is -4.04. The van der Waals surface area contributed by atoms with Crippen LogP contribution in [0.1, 0.15) is 36.0 Å². The van der Waals surface area contributed by atoms with Gasteiger partial charge in [0.15, 0.2) is 0 Å². The highest BCUT2D eigenvalue weighted by atomic mass is 35.5. The minimum absolute atomic E-state index is 0.0909. The van der Waals surface area contributed by atoms with Crippen LogP contribution in [-0.2, 0) is 26.2 Å². The Kier molecular flexibility index (Phi) is 8.19. The summed E-state index contributed by atoms with van der Waals surface area (Å²) in [6.45, 7) is 4.13. The number of carbonyl (C=O) groups is 2. The lowest BCUT2D eigenvalue weighted by Crippen LogP contribution is -2.41. The third kappa shape index (κ3) is 6.14. The number of amides is 2. The monoisotopic (exact) mass is 539 g/mol. The predicted molar refractivity (Wildman–Crippen MR) is 146 cm³/mol. The lowest BCUT2D eigenvalue weighted by Gasteiger charge is -2.27. The molecule has 7 nitrogen and oxygen atoms in total. The summed E-state index contributed by atoms with van der Waals surface area (Å²) in [4.78, 5) is 27.0. The fourth-order valence-corrected chi connectivity index (χ4v) is 5.91. The quantitative estimate of drug-likeness (QED) is 0.437. The molecule has 1 N–H and O–H groups in total. The van der Waals surface area contributed by atoms with Crippen molar-refractivity contribution in [3.63, 3.8) is 0 Å². The summed E-state index contributed by atoms with van der Waals surface area (Å²) in [6, 6.07) is 18.9. The Bertz CT molecular complexity index is 1390. The Labute approximate surface area is 223 Å². The third-order valence-corrected chi connectivity index (χ3v) is 8.65. The van der Waals surface area contributed by atoms with Crippen molar-refractivity contribution in [2.45, 2.75) is 44.6 Å². The molecule has 1 saturated heterocycles. The van der Waals surface area contributed by atoms with Gasteiger partial charge in [0.25, 0.3) is 10.0 Å². The van der Waals surface area contributed by atoms with E-state index in [-0.39, 0.29) is 17.3 Å². The molecule has 3 aromatic carbocycles. The lowest BCUT2D eigenvalue weighted by molar-refractivity contribution is -0.120. The number of nitrogens with one attached hydrogen (secondary N) is 1. The molecule has 0 saturated carbocycles. The molecule has 194 valence electrons. The highest BCUT2D eigenvalue weighted by Crippen LogP contribution is 2.31. The summed E-state index contributed by atoms with van der Waals surface area (Å²) in [5.41, 5.74) is 3.52. The molecule has 0 atom stereocenters. The van der Waals surface area contributed by atoms with E-state index in [0.717, 1.165) is 34.0 Å². The van der Waals surface area contributed by atoms with Crippen LogP contribution in [0.3, 0.4) is 0 Å². The highest BCUT2D eigenvalue weighted by Gasteiger charge is 2.29. The highest BCUT2D eigenvalue weighted by molar-refractivity contribution is 7.92. The van der Waals surface area contributed by atoms with E-state index in [1.165, 1.54) is 12.1 Å². The average molecular weight is 540 g/mol. The minimum Gasteiger partial charge on any atom is -0.350 e. The molecule has 1 aliphatic rings. The Hall–Kier alpha value is -3.36. The maximum Gasteiger partial charge on any atom is 0.264 e. The molecule has 0 aromatic heterocycles. The summed E-state index contributed by atoms with van der Waals surface area (Å²) in [6.07, 6.45) is 2.47. The van der Waals surface area contributed by atoms with Crippen LogP contribution in [0.5, 0.6) is 0 Å². The van der Waals surface area contributed by atoms with Crippen molar-refractivity contribution in [2.24, 2.45) is 0 Å². The number of benzene rings is 3. The van der Waals surface area contributed by atoms with Crippen LogP contribution in [0.2, 0.25) is 5.02 Å². The first-order valence-corrected chi connectivity index (χ1v) is 14.0. The molecule has 9 heteroatoms. The number of hydrogen-bond donors (Lipinski definition) is 1. The molecule has 1 fully saturated rings. The van der Waals surface area contributed by atoms with Gasteiger partial charge in [0.05, 0.1) is 10.6 Å². The van der Waals surface area contributed by atoms with Gasteiger partial charge in [-0.2, -0.15) is 0 Å². The van der Waals surface area contributed by atoms with Crippen molar-refractivity contribution in [2.75, 3.05) is 22.3 Å². The van der Waals surface area contributed by atoms with Crippen molar-refractivity contribution >= 4 is 44.8 Å². The summed E-state index contributed by atoms with van der Waals surface area (Å²) in [7, 11) is -4.04. The van der Waals surface area contributed by atoms with Crippen molar-refractivity contribution in [1.82, 2.24) is 5.32 Å². The first-order chi connectivity index (χ1) is 17.7. The molecular weight excluding hydrogens is 510 g/mol. The Morgan fingerprint density at radius 3 is 2.38 bits per heavy atom. The van der Waals surface area contributed by atoms with Crippen molar-refractivity contribution < 1.29 is 18.0 Å². The lowest BCUT2D eigenvalue weighted by atomic mass is 10.1. The number of hydrogen-bond acceptors (Lipinski definition) is 4. The molecule has 4 rings (SSSR count). The number of nitrogens with zero attached hydrogens (tertiary/aromatic N) is 2. The van der Waals surface area contributed by atoms with Crippen LogP contribution in [0.25, 0.3) is 0 Å². The van der Waals surface area contributed by atoms with Gasteiger partial charge in [0.1, 0.15) is 6.54 Å². The van der Waals surface area contributed by atoms with E-state index in [0.29, 0.717) is 29.2 Å². The van der Waals surface area contributed by atoms with Crippen LogP contribution < -0.4 is 14.5 Å². The van der Waals surface area contributed by atoms with Crippen molar-refractivity contribution in [3.8, 4) is 0 Å². The van der Waals surface area contributed by atoms with Gasteiger partial charge < -0.3 is 10.2 Å². The van der Waals surface area contributed by atoms with Gasteiger partial charge in [-0.25, -0.2) is 8.42 Å². The Morgan fingerprint density at radius 1 is 1.00 bits per heavy atom. The van der Waals surface area contributed by atoms with Crippen LogP contribution in [0.15, 0.2) is 71.6 Å². The number of halogens is 1. The third-order valence-electron chi connectivity index (χ3n) is 6.47. The molecule has 0 unspecified atom stereocenters. The largest absolute Gasteiger partial charge is 0.350 e. The topological polar surface area (TPSA) is 86.8 Å². The first kappa shape index (κ1) is 26.7. The second kappa shape index (κ2) is 11.4. The molecule has 1 aliphatic heterocycles. The maximum absolute atomic E-state index is 13.6. The van der Waals surface area contributed by atoms with Crippen LogP contribution in [0.4, 0.5) is 11.4 Å². The molecule has 0 bridgehead atoms. The Morgan fingerprint density at radius 2 is 1.70 bits per heavy atom. The van der Waals surface area contributed by atoms with Gasteiger partial charge in [-0.15, -0.1) is 0 Å². The van der Waals surface area contributed by atoms with Gasteiger partial charge in [0, 0.05) is 30.2 Å². The second-order valence-electron chi connectivity index (χ2n) is 9.15. The van der Waals surface area contributed by atoms with Crippen molar-refractivity contribution in [1.29, 1.82) is 0 Å². The fourth-order valence-electron chi connectivity index (χ4n) is 4.26. The van der Waals surface area contributed by atoms with Crippen LogP contribution in [0, 0.1) is 13.8 Å². The molecule has 2 amide bonds. The number of aryl methyl sites for hydroxylation is 1. The molecule has 37 heavy (non-hydrogen) atoms. The van der Waals surface area contributed by atoms with E-state index < -0.39 is 22.5 Å². The van der Waals surface area contributed by atoms with E-state index in [1.54, 1.807) is 42.2 Å². The summed E-state index contributed by atoms with van der Waals surface area (Å²) in [5.74, 6) is -0.330. The normalized spacial score (nSPS) is 13.9. The zero-order valence-electron chi connectivity index (χ0n) is 20.9. The zero-order valence-corrected chi connectivity index (χ0v) is 22.5.